The predicted octanol–water partition coefficient (Wildman–Crippen LogP) is 30.5. The molecule has 0 spiro atoms. The smallest absolute Gasteiger partial charge is 0.172 e. The zero-order valence-electron chi connectivity index (χ0n) is 76.0. The Morgan fingerprint density at radius 1 is 0.150 bits per heavy atom. The van der Waals surface area contributed by atoms with Crippen molar-refractivity contribution in [3.63, 3.8) is 0 Å². The second kappa shape index (κ2) is 34.1. The molecule has 0 saturated carbocycles. The number of hydrogen-bond donors (Lipinski definition) is 0. The first-order valence-corrected chi connectivity index (χ1v) is 52.6. The van der Waals surface area contributed by atoms with Gasteiger partial charge in [0.2, 0.25) is 0 Å². The molecule has 3 unspecified atom stereocenters. The first kappa shape index (κ1) is 83.6. The van der Waals surface area contributed by atoms with E-state index in [-0.39, 0.29) is 0 Å². The monoisotopic (exact) mass is 1850 g/mol. The van der Waals surface area contributed by atoms with Gasteiger partial charge in [0, 0.05) is 108 Å². The highest BCUT2D eigenvalue weighted by Gasteiger charge is 2.44. The normalized spacial score (nSPS) is 15.2. The average molecular weight is 1850 g/mol. The molecule has 660 valence electrons. The van der Waals surface area contributed by atoms with Gasteiger partial charge in [-0.05, 0) is 229 Å². The first-order chi connectivity index (χ1) is 69.1. The van der Waals surface area contributed by atoms with Crippen LogP contribution in [0.3, 0.4) is 0 Å². The van der Waals surface area contributed by atoms with Crippen LogP contribution in [0.25, 0.3) is 194 Å². The highest BCUT2D eigenvalue weighted by molar-refractivity contribution is 7.87. The number of fused-ring (bicyclic) bond motifs is 18. The van der Waals surface area contributed by atoms with E-state index in [1.54, 1.807) is 0 Å². The fourth-order valence-corrected chi connectivity index (χ4v) is 31.1. The molecule has 25 aromatic rings. The van der Waals surface area contributed by atoms with Crippen molar-refractivity contribution in [2.24, 2.45) is 0 Å². The van der Waals surface area contributed by atoms with Crippen LogP contribution in [0, 0.1) is 0 Å². The average Bonchev–Trinajstić information content (AvgIpc) is 1.55. The summed E-state index contributed by atoms with van der Waals surface area (Å²) in [5.74, 6) is 1.69. The van der Waals surface area contributed by atoms with Crippen LogP contribution in [0.1, 0.15) is 0 Å². The molecular formula is C130H86N3O4P3. The van der Waals surface area contributed by atoms with Crippen LogP contribution < -0.4 is 47.7 Å². The van der Waals surface area contributed by atoms with Gasteiger partial charge in [-0.25, -0.2) is 0 Å². The molecule has 0 N–H and O–H groups in total. The summed E-state index contributed by atoms with van der Waals surface area (Å²) in [6.45, 7) is 0. The Balaban J connectivity index is 0.000000108. The van der Waals surface area contributed by atoms with E-state index >= 15 is 13.7 Å². The second-order valence-corrected chi connectivity index (χ2v) is 44.3. The maximum Gasteiger partial charge on any atom is 0.172 e. The molecule has 7 heterocycles. The van der Waals surface area contributed by atoms with Gasteiger partial charge in [0.05, 0.1) is 33.1 Å². The molecule has 3 atom stereocenters. The van der Waals surface area contributed by atoms with Crippen LogP contribution >= 0.6 is 21.4 Å². The second-order valence-electron chi connectivity index (χ2n) is 36.3. The molecule has 3 aliphatic heterocycles. The van der Waals surface area contributed by atoms with Crippen molar-refractivity contribution in [3.05, 3.63) is 522 Å². The van der Waals surface area contributed by atoms with E-state index in [4.69, 9.17) is 4.42 Å². The van der Waals surface area contributed by atoms with Gasteiger partial charge < -0.3 is 31.8 Å². The maximum atomic E-state index is 15.3. The van der Waals surface area contributed by atoms with Crippen molar-refractivity contribution in [2.45, 2.75) is 0 Å². The molecule has 0 radical (unpaired) electrons. The molecule has 7 nitrogen and oxygen atoms in total. The van der Waals surface area contributed by atoms with E-state index in [2.05, 4.69) is 378 Å². The van der Waals surface area contributed by atoms with Gasteiger partial charge in [-0.2, -0.15) is 0 Å². The number of hydrogen-bond acceptors (Lipinski definition) is 4. The first-order valence-electron chi connectivity index (χ1n) is 47.5. The van der Waals surface area contributed by atoms with Crippen LogP contribution in [0.5, 0.6) is 0 Å². The van der Waals surface area contributed by atoms with Crippen molar-refractivity contribution >= 4 is 135 Å². The van der Waals surface area contributed by atoms with Gasteiger partial charge in [0.15, 0.2) is 21.4 Å². The molecule has 3 aliphatic rings. The lowest BCUT2D eigenvalue weighted by atomic mass is 9.93. The topological polar surface area (TPSA) is 79.1 Å². The molecule has 140 heavy (non-hydrogen) atoms. The Labute approximate surface area is 810 Å². The number of aromatic nitrogens is 3. The van der Waals surface area contributed by atoms with Gasteiger partial charge in [-0.15, -0.1) is 0 Å². The lowest BCUT2D eigenvalue weighted by Gasteiger charge is -2.16. The molecular weight excluding hydrogens is 1760 g/mol. The lowest BCUT2D eigenvalue weighted by Crippen LogP contribution is -2.20. The molecule has 21 aromatic carbocycles. The molecule has 10 heteroatoms. The fourth-order valence-electron chi connectivity index (χ4n) is 21.9. The minimum Gasteiger partial charge on any atom is -0.456 e. The van der Waals surface area contributed by atoms with Crippen molar-refractivity contribution < 1.29 is 18.1 Å². The fraction of sp³-hybridized carbons (Fsp3) is 0. The highest BCUT2D eigenvalue weighted by Crippen LogP contribution is 2.58. The van der Waals surface area contributed by atoms with E-state index in [1.165, 1.54) is 50.1 Å². The number of para-hydroxylation sites is 3. The van der Waals surface area contributed by atoms with Gasteiger partial charge >= 0.3 is 0 Å². The van der Waals surface area contributed by atoms with E-state index in [0.717, 1.165) is 192 Å². The third-order valence-corrected chi connectivity index (χ3v) is 37.9. The number of benzene rings is 21. The molecule has 0 bridgehead atoms. The van der Waals surface area contributed by atoms with Gasteiger partial charge in [-0.1, -0.05) is 382 Å². The number of furan rings is 1. The summed E-state index contributed by atoms with van der Waals surface area (Å²) in [6, 6.07) is 181. The van der Waals surface area contributed by atoms with Crippen LogP contribution in [-0.4, -0.2) is 13.7 Å². The quantitative estimate of drug-likeness (QED) is 0.108. The van der Waals surface area contributed by atoms with E-state index < -0.39 is 21.4 Å². The van der Waals surface area contributed by atoms with Crippen molar-refractivity contribution in [3.8, 4) is 129 Å². The molecule has 0 fully saturated rings. The zero-order chi connectivity index (χ0) is 93.2. The number of nitrogens with zero attached hydrogens (tertiary/aromatic N) is 3. The maximum absolute atomic E-state index is 15.3. The van der Waals surface area contributed by atoms with Crippen LogP contribution in [0.2, 0.25) is 0 Å². The van der Waals surface area contributed by atoms with E-state index in [1.807, 2.05) is 158 Å². The highest BCUT2D eigenvalue weighted by atomic mass is 31.2. The number of rotatable bonds is 13. The SMILES string of the molecule is O=P1(c2ccccc2)c2ccccc2-c2cc3c(cc21)c1ccccc1n3-c1ccc(-c2cc(-c3ccccc3)cc(-c3ccccc3)c2)cc1.O=P1(c2ccccc2)c2ccccc2-c2cc3c(cc21)c1ccccc1n3-c1ccc(-c2ccc(-c3ccccc3)o2)cc1.O=P1(c2ccccc2)c2ccccc2-c2cc3c(cc21)c1ccccc1n3-c1ccc(-c2cccc(-c3ccccc3)c2)cc1. The summed E-state index contributed by atoms with van der Waals surface area (Å²) in [5.41, 5.74) is 30.3. The standard InChI is InChI=1S/C48H32NOP.C42H28NOP.C40H26NO2P/c50-51(40-18-8-3-9-19-40)47-23-13-11-21-42(47)44-31-46-43(32-48(44)51)41-20-10-12-22-45(41)49(46)39-26-24-35(25-27-39)38-29-36(33-14-4-1-5-15-33)28-37(30-38)34-16-6-2-7-17-34;44-45(34-16-5-2-6-17-34)41-21-10-8-19-36(41)38-27-40-37(28-42(38)45)35-18-7-9-20-39(35)43(40)33-24-22-30(23-25-33)32-15-11-14-31(26-32)29-12-3-1-4-13-29;42-44(30-13-5-2-6-14-30)39-18-10-8-16-32(39)34-25-36-33(26-40(34)44)31-15-7-9-17-35(31)41(36)29-21-19-28(20-22-29)38-24-23-37(43-38)27-11-3-1-4-12-27/h1-32H;1-28H;1-26H. The van der Waals surface area contributed by atoms with E-state index in [0.29, 0.717) is 0 Å². The summed E-state index contributed by atoms with van der Waals surface area (Å²) in [5, 5.41) is 15.0. The van der Waals surface area contributed by atoms with Crippen LogP contribution in [-0.2, 0) is 13.7 Å². The van der Waals surface area contributed by atoms with Crippen molar-refractivity contribution in [1.82, 2.24) is 13.7 Å². The van der Waals surface area contributed by atoms with Crippen LogP contribution in [0.4, 0.5) is 0 Å². The summed E-state index contributed by atoms with van der Waals surface area (Å²) < 4.78 is 58.9. The Morgan fingerprint density at radius 3 is 0.714 bits per heavy atom. The summed E-state index contributed by atoms with van der Waals surface area (Å²) >= 11 is 0. The predicted molar refractivity (Wildman–Crippen MR) is 588 cm³/mol. The Kier molecular flexibility index (Phi) is 20.3. The lowest BCUT2D eigenvalue weighted by molar-refractivity contribution is 0.592. The summed E-state index contributed by atoms with van der Waals surface area (Å²) in [7, 11) is -9.10. The zero-order valence-corrected chi connectivity index (χ0v) is 78.7. The summed E-state index contributed by atoms with van der Waals surface area (Å²) in [6.07, 6.45) is 0. The molecule has 28 rings (SSSR count). The third kappa shape index (κ3) is 13.7. The van der Waals surface area contributed by atoms with E-state index in [9.17, 15) is 0 Å². The van der Waals surface area contributed by atoms with Gasteiger partial charge in [0.25, 0.3) is 0 Å². The van der Waals surface area contributed by atoms with Gasteiger partial charge in [-0.3, -0.25) is 0 Å². The minimum atomic E-state index is -3.05. The molecule has 0 amide bonds. The Morgan fingerprint density at radius 2 is 0.386 bits per heavy atom. The van der Waals surface area contributed by atoms with Gasteiger partial charge in [0.1, 0.15) is 11.5 Å². The molecule has 4 aromatic heterocycles. The van der Waals surface area contributed by atoms with Crippen molar-refractivity contribution in [1.29, 1.82) is 0 Å². The molecule has 0 aliphatic carbocycles. The Bertz CT molecular complexity index is 9300. The third-order valence-electron chi connectivity index (χ3n) is 28.5. The minimum absolute atomic E-state index is 0.837. The Hall–Kier alpha value is -17.0. The largest absolute Gasteiger partial charge is 0.456 e. The summed E-state index contributed by atoms with van der Waals surface area (Å²) in [4.78, 5) is 0. The molecule has 0 saturated heterocycles. The van der Waals surface area contributed by atoms with Crippen molar-refractivity contribution in [2.75, 3.05) is 0 Å². The van der Waals surface area contributed by atoms with Crippen LogP contribution in [0.15, 0.2) is 526 Å².